The molecule has 3 heteroatoms. The smallest absolute Gasteiger partial charge is 0.152 e. The Morgan fingerprint density at radius 1 is 0.970 bits per heavy atom. The largest absolute Gasteiger partial charge is 0.496 e. The highest BCUT2D eigenvalue weighted by Gasteiger charge is 1.97. The molecule has 0 aliphatic heterocycles. The van der Waals surface area contributed by atoms with E-state index in [1.165, 1.54) is 30.9 Å². The molecule has 0 atom stereocenters. The van der Waals surface area contributed by atoms with Crippen molar-refractivity contribution in [1.82, 2.24) is 0 Å². The summed E-state index contributed by atoms with van der Waals surface area (Å²) in [5, 5.41) is 0. The first-order valence-corrected chi connectivity index (χ1v) is 11.1. The summed E-state index contributed by atoms with van der Waals surface area (Å²) >= 11 is 0. The van der Waals surface area contributed by atoms with Crippen LogP contribution in [0.2, 0.25) is 0 Å². The van der Waals surface area contributed by atoms with Gasteiger partial charge in [0.25, 0.3) is 0 Å². The Kier molecular flexibility index (Phi) is 26.1. The predicted octanol–water partition coefficient (Wildman–Crippen LogP) is 8.14. The van der Waals surface area contributed by atoms with Gasteiger partial charge in [0.1, 0.15) is 12.5 Å². The number of rotatable bonds is 5. The topological polar surface area (TPSA) is 43.4 Å². The van der Waals surface area contributed by atoms with Crippen LogP contribution in [0, 0.1) is 13.8 Å². The quantitative estimate of drug-likeness (QED) is 0.339. The van der Waals surface area contributed by atoms with Gasteiger partial charge in [-0.25, -0.2) is 0 Å². The van der Waals surface area contributed by atoms with Crippen molar-refractivity contribution < 1.29 is 14.3 Å². The first kappa shape index (κ1) is 34.4. The van der Waals surface area contributed by atoms with Crippen molar-refractivity contribution in [2.24, 2.45) is 0 Å². The van der Waals surface area contributed by atoms with Gasteiger partial charge >= 0.3 is 0 Å². The third kappa shape index (κ3) is 21.8. The van der Waals surface area contributed by atoms with E-state index in [1.807, 2.05) is 64.8 Å². The Labute approximate surface area is 202 Å². The molecular weight excluding hydrogens is 408 g/mol. The van der Waals surface area contributed by atoms with Crippen LogP contribution in [0.5, 0.6) is 5.75 Å². The molecule has 0 N–H and O–H groups in total. The maximum absolute atomic E-state index is 10.7. The Morgan fingerprint density at radius 3 is 1.88 bits per heavy atom. The normalized spacial score (nSPS) is 9.09. The Balaban J connectivity index is -0.000000412. The number of methoxy groups -OCH3 is 1. The van der Waals surface area contributed by atoms with E-state index in [2.05, 4.69) is 44.7 Å². The van der Waals surface area contributed by atoms with E-state index in [1.54, 1.807) is 25.3 Å². The molecule has 0 radical (unpaired) electrons. The second-order valence-electron chi connectivity index (χ2n) is 6.98. The van der Waals surface area contributed by atoms with Crippen LogP contribution in [-0.2, 0) is 16.0 Å². The standard InChI is InChI=1S/C12H14O2.C10H14.C4H8.C3H6.CH2O/c1-9-4-6-11(7-5-10(2)13)8-12(9)14-3;1-3-4-10-7-5-9(2)6-8-10;1-3-4-2;1-3-2;1-2/h4-8H,1-3H3;5-8H,3-4H2,1-2H3;3-4H,1-2H3;3H,1H2,2H3;1H2/b7-5+;;4-3-;;. The van der Waals surface area contributed by atoms with E-state index < -0.39 is 0 Å². The van der Waals surface area contributed by atoms with Crippen molar-refractivity contribution in [3.63, 3.8) is 0 Å². The first-order valence-electron chi connectivity index (χ1n) is 11.1. The fraction of sp³-hybridized carbons (Fsp3) is 0.333. The summed E-state index contributed by atoms with van der Waals surface area (Å²) in [7, 11) is 1.64. The molecule has 0 aromatic heterocycles. The lowest BCUT2D eigenvalue weighted by Crippen LogP contribution is -1.87. The second-order valence-corrected chi connectivity index (χ2v) is 6.98. The van der Waals surface area contributed by atoms with Gasteiger partial charge in [0.05, 0.1) is 7.11 Å². The Morgan fingerprint density at radius 2 is 1.48 bits per heavy atom. The molecule has 0 aliphatic carbocycles. The van der Waals surface area contributed by atoms with Gasteiger partial charge in [0.15, 0.2) is 5.78 Å². The molecule has 0 heterocycles. The van der Waals surface area contributed by atoms with Gasteiger partial charge in [0.2, 0.25) is 0 Å². The monoisotopic (exact) mass is 452 g/mol. The number of allylic oxidation sites excluding steroid dienone is 4. The van der Waals surface area contributed by atoms with E-state index in [0.717, 1.165) is 16.9 Å². The lowest BCUT2D eigenvalue weighted by atomic mass is 10.1. The van der Waals surface area contributed by atoms with E-state index in [4.69, 9.17) is 9.53 Å². The fourth-order valence-electron chi connectivity index (χ4n) is 2.20. The van der Waals surface area contributed by atoms with Gasteiger partial charge in [-0.15, -0.1) is 6.58 Å². The minimum atomic E-state index is 0.0459. The molecular formula is C30H44O3. The summed E-state index contributed by atoms with van der Waals surface area (Å²) in [6.07, 6.45) is 11.5. The SMILES string of the molecule is C/C=C\C.C=CC.C=O.CCCc1ccc(C)cc1.COc1cc(/C=C/C(C)=O)ccc1C. The van der Waals surface area contributed by atoms with Gasteiger partial charge in [0, 0.05) is 0 Å². The van der Waals surface area contributed by atoms with Crippen LogP contribution in [0.25, 0.3) is 6.08 Å². The van der Waals surface area contributed by atoms with Crippen LogP contribution in [0.4, 0.5) is 0 Å². The predicted molar refractivity (Wildman–Crippen MR) is 146 cm³/mol. The summed E-state index contributed by atoms with van der Waals surface area (Å²) in [5.74, 6) is 0.889. The molecule has 0 saturated heterocycles. The van der Waals surface area contributed by atoms with E-state index in [9.17, 15) is 4.79 Å². The third-order valence-electron chi connectivity index (χ3n) is 3.94. The average molecular weight is 453 g/mol. The summed E-state index contributed by atoms with van der Waals surface area (Å²) in [4.78, 5) is 18.7. The molecule has 0 saturated carbocycles. The number of ketones is 1. The van der Waals surface area contributed by atoms with E-state index >= 15 is 0 Å². The zero-order valence-electron chi connectivity index (χ0n) is 22.0. The number of hydrogen-bond acceptors (Lipinski definition) is 3. The molecule has 33 heavy (non-hydrogen) atoms. The highest BCUT2D eigenvalue weighted by atomic mass is 16.5. The first-order chi connectivity index (χ1) is 15.8. The molecule has 0 fully saturated rings. The lowest BCUT2D eigenvalue weighted by molar-refractivity contribution is -0.112. The minimum Gasteiger partial charge on any atom is -0.496 e. The summed E-state index contributed by atoms with van der Waals surface area (Å²) in [6.45, 7) is 19.1. The maximum atomic E-state index is 10.7. The molecule has 0 aliphatic rings. The van der Waals surface area contributed by atoms with Crippen molar-refractivity contribution in [2.75, 3.05) is 7.11 Å². The van der Waals surface area contributed by atoms with Crippen LogP contribution >= 0.6 is 0 Å². The van der Waals surface area contributed by atoms with Gasteiger partial charge in [-0.2, -0.15) is 0 Å². The van der Waals surface area contributed by atoms with Gasteiger partial charge < -0.3 is 9.53 Å². The number of aryl methyl sites for hydroxylation is 3. The maximum Gasteiger partial charge on any atom is 0.152 e. The number of benzene rings is 2. The van der Waals surface area contributed by atoms with Crippen molar-refractivity contribution in [3.05, 3.63) is 95.6 Å². The number of carbonyl (C=O) groups is 2. The molecule has 0 bridgehead atoms. The number of ether oxygens (including phenoxy) is 1. The van der Waals surface area contributed by atoms with Crippen molar-refractivity contribution in [3.8, 4) is 5.75 Å². The third-order valence-corrected chi connectivity index (χ3v) is 3.94. The van der Waals surface area contributed by atoms with E-state index in [0.29, 0.717) is 0 Å². The highest BCUT2D eigenvalue weighted by Crippen LogP contribution is 2.19. The number of carbonyl (C=O) groups excluding carboxylic acids is 2. The molecule has 0 amide bonds. The van der Waals surface area contributed by atoms with Crippen molar-refractivity contribution in [2.45, 2.75) is 61.3 Å². The minimum absolute atomic E-state index is 0.0459. The van der Waals surface area contributed by atoms with Crippen molar-refractivity contribution in [1.29, 1.82) is 0 Å². The van der Waals surface area contributed by atoms with Crippen LogP contribution in [0.1, 0.15) is 63.3 Å². The molecule has 3 nitrogen and oxygen atoms in total. The molecule has 2 aromatic rings. The number of hydrogen-bond donors (Lipinski definition) is 0. The van der Waals surface area contributed by atoms with Gasteiger partial charge in [-0.1, -0.05) is 79.6 Å². The van der Waals surface area contributed by atoms with Crippen molar-refractivity contribution >= 4 is 18.6 Å². The van der Waals surface area contributed by atoms with Crippen LogP contribution in [-0.4, -0.2) is 19.7 Å². The molecule has 2 aromatic carbocycles. The van der Waals surface area contributed by atoms with Crippen LogP contribution < -0.4 is 4.74 Å². The molecule has 2 rings (SSSR count). The van der Waals surface area contributed by atoms with Crippen LogP contribution in [0.3, 0.4) is 0 Å². The molecule has 182 valence electrons. The van der Waals surface area contributed by atoms with Gasteiger partial charge in [-0.05, 0) is 76.8 Å². The Bertz CT molecular complexity index is 796. The zero-order valence-corrected chi connectivity index (χ0v) is 22.0. The summed E-state index contributed by atoms with van der Waals surface area (Å²) in [6, 6.07) is 14.6. The Hall–Kier alpha value is -3.20. The second kappa shape index (κ2) is 25.1. The molecule has 0 spiro atoms. The average Bonchev–Trinajstić information content (AvgIpc) is 2.82. The van der Waals surface area contributed by atoms with E-state index in [-0.39, 0.29) is 5.78 Å². The lowest BCUT2D eigenvalue weighted by Gasteiger charge is -2.04. The zero-order chi connectivity index (χ0) is 26.1. The molecule has 0 unspecified atom stereocenters. The van der Waals surface area contributed by atoms with Crippen LogP contribution in [0.15, 0.2) is 73.3 Å². The highest BCUT2D eigenvalue weighted by molar-refractivity contribution is 5.91. The van der Waals surface area contributed by atoms with Gasteiger partial charge in [-0.3, -0.25) is 4.79 Å². The fourth-order valence-corrected chi connectivity index (χ4v) is 2.20. The summed E-state index contributed by atoms with van der Waals surface area (Å²) in [5.41, 5.74) is 4.86. The summed E-state index contributed by atoms with van der Waals surface area (Å²) < 4.78 is 5.17.